The number of esters is 1. The molecular formula is C12H17N3O3. The maximum absolute atomic E-state index is 11.0. The molecule has 0 atom stereocenters. The van der Waals surface area contributed by atoms with Crippen molar-refractivity contribution in [2.75, 3.05) is 27.8 Å². The second-order valence-corrected chi connectivity index (χ2v) is 3.76. The molecule has 0 radical (unpaired) electrons. The van der Waals surface area contributed by atoms with Gasteiger partial charge in [0.1, 0.15) is 18.0 Å². The van der Waals surface area contributed by atoms with Gasteiger partial charge in [-0.2, -0.15) is 0 Å². The van der Waals surface area contributed by atoms with Crippen LogP contribution in [0.5, 0.6) is 5.75 Å². The summed E-state index contributed by atoms with van der Waals surface area (Å²) in [4.78, 5) is 11.0. The van der Waals surface area contributed by atoms with Gasteiger partial charge in [-0.05, 0) is 24.6 Å². The molecule has 0 aliphatic carbocycles. The number of methoxy groups -OCH3 is 2. The van der Waals surface area contributed by atoms with Crippen LogP contribution in [0.1, 0.15) is 5.56 Å². The third-order valence-corrected chi connectivity index (χ3v) is 2.23. The molecule has 1 aromatic carbocycles. The Hall–Kier alpha value is -2.11. The number of likely N-dealkylation sites (N-methyl/N-ethyl adjacent to an activating group) is 1. The molecular weight excluding hydrogens is 234 g/mol. The molecule has 0 aliphatic rings. The van der Waals surface area contributed by atoms with Crippen LogP contribution in [-0.2, 0) is 9.53 Å². The van der Waals surface area contributed by atoms with Crippen molar-refractivity contribution < 1.29 is 14.3 Å². The molecule has 0 bridgehead atoms. The summed E-state index contributed by atoms with van der Waals surface area (Å²) in [5, 5.41) is 9.35. The van der Waals surface area contributed by atoms with E-state index in [2.05, 4.69) is 15.1 Å². The summed E-state index contributed by atoms with van der Waals surface area (Å²) in [6.45, 7) is 2.00. The van der Waals surface area contributed by atoms with Crippen molar-refractivity contribution in [3.8, 4) is 5.75 Å². The lowest BCUT2D eigenvalue weighted by Gasteiger charge is -2.09. The molecule has 1 aromatic rings. The molecule has 0 N–H and O–H groups in total. The van der Waals surface area contributed by atoms with Crippen molar-refractivity contribution in [1.82, 2.24) is 5.01 Å². The van der Waals surface area contributed by atoms with Crippen LogP contribution in [0, 0.1) is 6.92 Å². The highest BCUT2D eigenvalue weighted by Gasteiger charge is 2.05. The van der Waals surface area contributed by atoms with Crippen molar-refractivity contribution in [3.05, 3.63) is 23.8 Å². The summed E-state index contributed by atoms with van der Waals surface area (Å²) < 4.78 is 9.70. The topological polar surface area (TPSA) is 63.5 Å². The maximum atomic E-state index is 11.0. The summed E-state index contributed by atoms with van der Waals surface area (Å²) in [5.74, 6) is 0.267. The molecule has 0 aromatic heterocycles. The van der Waals surface area contributed by atoms with Gasteiger partial charge < -0.3 is 9.47 Å². The predicted molar refractivity (Wildman–Crippen MR) is 66.9 cm³/mol. The molecule has 0 saturated carbocycles. The summed E-state index contributed by atoms with van der Waals surface area (Å²) in [6, 6.07) is 5.61. The first kappa shape index (κ1) is 14.0. The van der Waals surface area contributed by atoms with Crippen LogP contribution in [0.15, 0.2) is 28.5 Å². The van der Waals surface area contributed by atoms with Crippen molar-refractivity contribution in [2.45, 2.75) is 6.92 Å². The van der Waals surface area contributed by atoms with Crippen LogP contribution in [0.4, 0.5) is 5.69 Å². The Balaban J connectivity index is 2.77. The molecule has 0 amide bonds. The molecule has 6 nitrogen and oxygen atoms in total. The average molecular weight is 251 g/mol. The molecule has 0 heterocycles. The van der Waals surface area contributed by atoms with Gasteiger partial charge in [0, 0.05) is 7.05 Å². The first-order valence-corrected chi connectivity index (χ1v) is 5.41. The monoisotopic (exact) mass is 251 g/mol. The van der Waals surface area contributed by atoms with Crippen molar-refractivity contribution in [3.63, 3.8) is 0 Å². The van der Waals surface area contributed by atoms with Gasteiger partial charge in [0.25, 0.3) is 0 Å². The zero-order valence-electron chi connectivity index (χ0n) is 11.0. The molecule has 0 fully saturated rings. The van der Waals surface area contributed by atoms with E-state index in [0.29, 0.717) is 11.4 Å². The Morgan fingerprint density at radius 2 is 2.11 bits per heavy atom. The Morgan fingerprint density at radius 3 is 2.72 bits per heavy atom. The Labute approximate surface area is 106 Å². The number of carbonyl (C=O) groups is 1. The highest BCUT2D eigenvalue weighted by atomic mass is 16.5. The molecule has 6 heteroatoms. The lowest BCUT2D eigenvalue weighted by Crippen LogP contribution is -2.21. The fourth-order valence-corrected chi connectivity index (χ4v) is 1.29. The minimum Gasteiger partial charge on any atom is -0.494 e. The van der Waals surface area contributed by atoms with E-state index < -0.39 is 0 Å². The standard InChI is InChI=1S/C12H17N3O3/c1-9-5-6-11(17-3)10(7-9)13-14-15(2)8-12(16)18-4/h5-7H,8H2,1-4H3. The van der Waals surface area contributed by atoms with Crippen LogP contribution in [0.25, 0.3) is 0 Å². The van der Waals surface area contributed by atoms with Crippen molar-refractivity contribution >= 4 is 11.7 Å². The second kappa shape index (κ2) is 6.58. The largest absolute Gasteiger partial charge is 0.494 e. The number of rotatable bonds is 5. The number of ether oxygens (including phenoxy) is 2. The predicted octanol–water partition coefficient (Wildman–Crippen LogP) is 2.11. The Kier molecular flexibility index (Phi) is 5.10. The van der Waals surface area contributed by atoms with Crippen LogP contribution < -0.4 is 4.74 Å². The Bertz CT molecular complexity index is 446. The first-order chi connectivity index (χ1) is 8.56. The fraction of sp³-hybridized carbons (Fsp3) is 0.417. The van der Waals surface area contributed by atoms with E-state index in [1.54, 1.807) is 14.2 Å². The third-order valence-electron chi connectivity index (χ3n) is 2.23. The smallest absolute Gasteiger partial charge is 0.327 e. The number of nitrogens with zero attached hydrogens (tertiary/aromatic N) is 3. The normalized spacial score (nSPS) is 10.4. The number of carbonyl (C=O) groups excluding carboxylic acids is 1. The van der Waals surface area contributed by atoms with E-state index in [-0.39, 0.29) is 12.5 Å². The van der Waals surface area contributed by atoms with E-state index in [1.165, 1.54) is 12.1 Å². The number of hydrogen-bond acceptors (Lipinski definition) is 5. The van der Waals surface area contributed by atoms with Crippen LogP contribution in [0.2, 0.25) is 0 Å². The van der Waals surface area contributed by atoms with Gasteiger partial charge in [0.15, 0.2) is 0 Å². The van der Waals surface area contributed by atoms with Gasteiger partial charge in [-0.25, -0.2) is 0 Å². The van der Waals surface area contributed by atoms with E-state index in [0.717, 1.165) is 5.56 Å². The summed E-state index contributed by atoms with van der Waals surface area (Å²) >= 11 is 0. The van der Waals surface area contributed by atoms with Crippen LogP contribution >= 0.6 is 0 Å². The third kappa shape index (κ3) is 4.04. The van der Waals surface area contributed by atoms with Gasteiger partial charge in [-0.1, -0.05) is 11.3 Å². The highest BCUT2D eigenvalue weighted by Crippen LogP contribution is 2.28. The van der Waals surface area contributed by atoms with Gasteiger partial charge in [-0.3, -0.25) is 9.80 Å². The zero-order chi connectivity index (χ0) is 13.5. The number of hydrogen-bond donors (Lipinski definition) is 0. The molecule has 0 spiro atoms. The van der Waals surface area contributed by atoms with Crippen molar-refractivity contribution in [2.24, 2.45) is 10.3 Å². The summed E-state index contributed by atoms with van der Waals surface area (Å²) in [5.41, 5.74) is 1.68. The molecule has 1 rings (SSSR count). The first-order valence-electron chi connectivity index (χ1n) is 5.41. The zero-order valence-corrected chi connectivity index (χ0v) is 11.0. The lowest BCUT2D eigenvalue weighted by molar-refractivity contribution is -0.141. The maximum Gasteiger partial charge on any atom is 0.327 e. The summed E-state index contributed by atoms with van der Waals surface area (Å²) in [6.07, 6.45) is 0. The fourth-order valence-electron chi connectivity index (χ4n) is 1.29. The molecule has 0 saturated heterocycles. The number of aryl methyl sites for hydroxylation is 1. The molecule has 98 valence electrons. The van der Waals surface area contributed by atoms with Crippen LogP contribution in [-0.4, -0.2) is 38.8 Å². The van der Waals surface area contributed by atoms with Gasteiger partial charge in [0.05, 0.1) is 14.2 Å². The quantitative estimate of drug-likeness (QED) is 0.457. The van der Waals surface area contributed by atoms with Crippen molar-refractivity contribution in [1.29, 1.82) is 0 Å². The van der Waals surface area contributed by atoms with Crippen LogP contribution in [0.3, 0.4) is 0 Å². The minimum absolute atomic E-state index is 0.0497. The molecule has 18 heavy (non-hydrogen) atoms. The molecule has 0 aliphatic heterocycles. The van der Waals surface area contributed by atoms with Gasteiger partial charge in [-0.15, -0.1) is 5.11 Å². The second-order valence-electron chi connectivity index (χ2n) is 3.76. The lowest BCUT2D eigenvalue weighted by atomic mass is 10.2. The van der Waals surface area contributed by atoms with E-state index in [4.69, 9.17) is 4.74 Å². The van der Waals surface area contributed by atoms with Gasteiger partial charge >= 0.3 is 5.97 Å². The summed E-state index contributed by atoms with van der Waals surface area (Å²) in [7, 11) is 4.54. The van der Waals surface area contributed by atoms with Gasteiger partial charge in [0.2, 0.25) is 0 Å². The van der Waals surface area contributed by atoms with E-state index in [9.17, 15) is 4.79 Å². The SMILES string of the molecule is COC(=O)CN(C)N=Nc1cc(C)ccc1OC. The average Bonchev–Trinajstić information content (AvgIpc) is 2.36. The Morgan fingerprint density at radius 1 is 1.39 bits per heavy atom. The number of benzene rings is 1. The van der Waals surface area contributed by atoms with E-state index in [1.807, 2.05) is 25.1 Å². The van der Waals surface area contributed by atoms with E-state index >= 15 is 0 Å². The molecule has 0 unspecified atom stereocenters. The highest BCUT2D eigenvalue weighted by molar-refractivity contribution is 5.71. The minimum atomic E-state index is -0.368.